The molecule has 0 aliphatic heterocycles. The molecule has 0 saturated carbocycles. The summed E-state index contributed by atoms with van der Waals surface area (Å²) >= 11 is 0. The Bertz CT molecular complexity index is 779. The maximum atomic E-state index is 5.40. The second kappa shape index (κ2) is 5.44. The molecule has 0 fully saturated rings. The Balaban J connectivity index is 2.26. The molecule has 0 atom stereocenters. The summed E-state index contributed by atoms with van der Waals surface area (Å²) in [6.07, 6.45) is 1.82. The average Bonchev–Trinajstić information content (AvgIpc) is 2.53. The van der Waals surface area contributed by atoms with Gasteiger partial charge in [-0.25, -0.2) is 0 Å². The zero-order valence-electron chi connectivity index (χ0n) is 12.4. The Morgan fingerprint density at radius 1 is 0.857 bits per heavy atom. The van der Waals surface area contributed by atoms with E-state index in [0.717, 1.165) is 16.5 Å². The number of benzene rings is 2. The maximum absolute atomic E-state index is 5.40. The van der Waals surface area contributed by atoms with E-state index in [1.807, 2.05) is 24.4 Å². The summed E-state index contributed by atoms with van der Waals surface area (Å²) in [6, 6.07) is 14.4. The molecule has 0 radical (unpaired) electrons. The van der Waals surface area contributed by atoms with Gasteiger partial charge < -0.3 is 9.47 Å². The summed E-state index contributed by atoms with van der Waals surface area (Å²) in [5.74, 6) is 1.41. The van der Waals surface area contributed by atoms with E-state index >= 15 is 0 Å². The van der Waals surface area contributed by atoms with E-state index in [9.17, 15) is 0 Å². The van der Waals surface area contributed by atoms with E-state index in [1.165, 1.54) is 11.1 Å². The third-order valence-electron chi connectivity index (χ3n) is 3.61. The van der Waals surface area contributed by atoms with Gasteiger partial charge in [-0.05, 0) is 30.2 Å². The Kier molecular flexibility index (Phi) is 3.48. The van der Waals surface area contributed by atoms with Crippen LogP contribution in [0.4, 0.5) is 0 Å². The van der Waals surface area contributed by atoms with Gasteiger partial charge in [-0.15, -0.1) is 0 Å². The number of aryl methyl sites for hydroxylation is 1. The predicted octanol–water partition coefficient (Wildman–Crippen LogP) is 4.23. The number of methoxy groups -OCH3 is 2. The standard InChI is InChI=1S/C18H17NO2/c1-12-4-6-13(7-5-12)14-8-9-19-16-11-18(21-3)17(20-2)10-15(14)16/h4-11H,1-3H3. The summed E-state index contributed by atoms with van der Waals surface area (Å²) in [5.41, 5.74) is 4.45. The molecule has 0 aliphatic carbocycles. The van der Waals surface area contributed by atoms with Crippen LogP contribution < -0.4 is 9.47 Å². The third kappa shape index (κ3) is 2.42. The molecule has 1 heterocycles. The van der Waals surface area contributed by atoms with Gasteiger partial charge in [-0.1, -0.05) is 29.8 Å². The van der Waals surface area contributed by atoms with Crippen LogP contribution in [-0.2, 0) is 0 Å². The Labute approximate surface area is 124 Å². The van der Waals surface area contributed by atoms with Gasteiger partial charge in [0.1, 0.15) is 0 Å². The summed E-state index contributed by atoms with van der Waals surface area (Å²) in [5, 5.41) is 1.05. The summed E-state index contributed by atoms with van der Waals surface area (Å²) < 4.78 is 10.7. The van der Waals surface area contributed by atoms with Gasteiger partial charge in [-0.2, -0.15) is 0 Å². The van der Waals surface area contributed by atoms with Crippen molar-refractivity contribution in [3.8, 4) is 22.6 Å². The van der Waals surface area contributed by atoms with Gasteiger partial charge in [0.2, 0.25) is 0 Å². The molecule has 0 bridgehead atoms. The number of hydrogen-bond donors (Lipinski definition) is 0. The molecule has 3 rings (SSSR count). The first kappa shape index (κ1) is 13.4. The van der Waals surface area contributed by atoms with E-state index in [1.54, 1.807) is 14.2 Å². The monoisotopic (exact) mass is 279 g/mol. The number of ether oxygens (including phenoxy) is 2. The lowest BCUT2D eigenvalue weighted by molar-refractivity contribution is 0.356. The SMILES string of the molecule is COc1cc2nccc(-c3ccc(C)cc3)c2cc1OC. The lowest BCUT2D eigenvalue weighted by atomic mass is 10.00. The number of hydrogen-bond acceptors (Lipinski definition) is 3. The highest BCUT2D eigenvalue weighted by atomic mass is 16.5. The molecular formula is C18H17NO2. The van der Waals surface area contributed by atoms with Gasteiger partial charge in [0.25, 0.3) is 0 Å². The summed E-state index contributed by atoms with van der Waals surface area (Å²) in [7, 11) is 3.28. The Morgan fingerprint density at radius 2 is 1.52 bits per heavy atom. The number of nitrogens with zero attached hydrogens (tertiary/aromatic N) is 1. The first-order valence-corrected chi connectivity index (χ1v) is 6.80. The first-order valence-electron chi connectivity index (χ1n) is 6.80. The smallest absolute Gasteiger partial charge is 0.162 e. The van der Waals surface area contributed by atoms with Gasteiger partial charge in [-0.3, -0.25) is 4.98 Å². The first-order chi connectivity index (χ1) is 10.2. The van der Waals surface area contributed by atoms with Crippen molar-refractivity contribution in [2.24, 2.45) is 0 Å². The largest absolute Gasteiger partial charge is 0.493 e. The second-order valence-electron chi connectivity index (χ2n) is 4.95. The van der Waals surface area contributed by atoms with Gasteiger partial charge in [0.05, 0.1) is 19.7 Å². The van der Waals surface area contributed by atoms with Crippen molar-refractivity contribution >= 4 is 10.9 Å². The molecule has 0 spiro atoms. The third-order valence-corrected chi connectivity index (χ3v) is 3.61. The highest BCUT2D eigenvalue weighted by molar-refractivity contribution is 5.96. The van der Waals surface area contributed by atoms with Crippen molar-refractivity contribution in [1.82, 2.24) is 4.98 Å². The minimum Gasteiger partial charge on any atom is -0.493 e. The predicted molar refractivity (Wildman–Crippen MR) is 85.0 cm³/mol. The zero-order chi connectivity index (χ0) is 14.8. The summed E-state index contributed by atoms with van der Waals surface area (Å²) in [4.78, 5) is 4.43. The van der Waals surface area contributed by atoms with Crippen LogP contribution in [0.25, 0.3) is 22.0 Å². The molecule has 3 nitrogen and oxygen atoms in total. The van der Waals surface area contributed by atoms with Crippen LogP contribution in [0.2, 0.25) is 0 Å². The zero-order valence-corrected chi connectivity index (χ0v) is 12.4. The number of fused-ring (bicyclic) bond motifs is 1. The topological polar surface area (TPSA) is 31.4 Å². The molecule has 106 valence electrons. The molecule has 0 amide bonds. The van der Waals surface area contributed by atoms with Crippen molar-refractivity contribution in [3.63, 3.8) is 0 Å². The van der Waals surface area contributed by atoms with Gasteiger partial charge in [0.15, 0.2) is 11.5 Å². The molecule has 3 heteroatoms. The van der Waals surface area contributed by atoms with Crippen LogP contribution in [0.5, 0.6) is 11.5 Å². The molecule has 0 saturated heterocycles. The van der Waals surface area contributed by atoms with Crippen molar-refractivity contribution < 1.29 is 9.47 Å². The van der Waals surface area contributed by atoms with Crippen LogP contribution in [-0.4, -0.2) is 19.2 Å². The second-order valence-corrected chi connectivity index (χ2v) is 4.95. The van der Waals surface area contributed by atoms with Crippen LogP contribution in [0.15, 0.2) is 48.7 Å². The van der Waals surface area contributed by atoms with Crippen LogP contribution >= 0.6 is 0 Å². The lowest BCUT2D eigenvalue weighted by Gasteiger charge is -2.11. The molecular weight excluding hydrogens is 262 g/mol. The molecule has 0 unspecified atom stereocenters. The van der Waals surface area contributed by atoms with E-state index in [2.05, 4.69) is 36.2 Å². The summed E-state index contributed by atoms with van der Waals surface area (Å²) in [6.45, 7) is 2.09. The van der Waals surface area contributed by atoms with Crippen molar-refractivity contribution in [2.75, 3.05) is 14.2 Å². The van der Waals surface area contributed by atoms with Crippen molar-refractivity contribution in [1.29, 1.82) is 0 Å². The van der Waals surface area contributed by atoms with E-state index in [-0.39, 0.29) is 0 Å². The van der Waals surface area contributed by atoms with Crippen LogP contribution in [0.3, 0.4) is 0 Å². The average molecular weight is 279 g/mol. The highest BCUT2D eigenvalue weighted by Gasteiger charge is 2.10. The highest BCUT2D eigenvalue weighted by Crippen LogP contribution is 2.36. The number of aromatic nitrogens is 1. The van der Waals surface area contributed by atoms with Crippen molar-refractivity contribution in [3.05, 3.63) is 54.2 Å². The van der Waals surface area contributed by atoms with Gasteiger partial charge in [0, 0.05) is 17.6 Å². The number of pyridine rings is 1. The normalized spacial score (nSPS) is 10.6. The molecule has 1 aromatic heterocycles. The quantitative estimate of drug-likeness (QED) is 0.719. The lowest BCUT2D eigenvalue weighted by Crippen LogP contribution is -1.92. The fraction of sp³-hybridized carbons (Fsp3) is 0.167. The van der Waals surface area contributed by atoms with E-state index < -0.39 is 0 Å². The fourth-order valence-electron chi connectivity index (χ4n) is 2.46. The molecule has 21 heavy (non-hydrogen) atoms. The molecule has 0 N–H and O–H groups in total. The minimum atomic E-state index is 0.693. The number of rotatable bonds is 3. The Hall–Kier alpha value is -2.55. The molecule has 0 aliphatic rings. The molecule has 3 aromatic rings. The van der Waals surface area contributed by atoms with E-state index in [4.69, 9.17) is 9.47 Å². The maximum Gasteiger partial charge on any atom is 0.162 e. The van der Waals surface area contributed by atoms with Crippen LogP contribution in [0, 0.1) is 6.92 Å². The van der Waals surface area contributed by atoms with Crippen molar-refractivity contribution in [2.45, 2.75) is 6.92 Å². The molecule has 2 aromatic carbocycles. The Morgan fingerprint density at radius 3 is 2.19 bits per heavy atom. The fourth-order valence-corrected chi connectivity index (χ4v) is 2.46. The van der Waals surface area contributed by atoms with Crippen LogP contribution in [0.1, 0.15) is 5.56 Å². The van der Waals surface area contributed by atoms with E-state index in [0.29, 0.717) is 11.5 Å². The minimum absolute atomic E-state index is 0.693. The van der Waals surface area contributed by atoms with Gasteiger partial charge >= 0.3 is 0 Å².